The average molecular weight is 315 g/mol. The number of ether oxygens (including phenoxy) is 2. The quantitative estimate of drug-likeness (QED) is 0.696. The number of esters is 2. The van der Waals surface area contributed by atoms with Crippen LogP contribution in [0, 0.1) is 11.8 Å². The number of carbonyl (C=O) groups excluding carboxylic acids is 2. The zero-order valence-corrected chi connectivity index (χ0v) is 13.8. The van der Waals surface area contributed by atoms with Gasteiger partial charge in [-0.05, 0) is 17.5 Å². The number of para-hydroxylation sites is 1. The molecule has 23 heavy (non-hydrogen) atoms. The summed E-state index contributed by atoms with van der Waals surface area (Å²) < 4.78 is 10.6. The Morgan fingerprint density at radius 3 is 2.30 bits per heavy atom. The van der Waals surface area contributed by atoms with Crippen LogP contribution in [0.25, 0.3) is 10.9 Å². The number of aromatic nitrogens is 1. The van der Waals surface area contributed by atoms with Crippen molar-refractivity contribution in [3.05, 3.63) is 36.0 Å². The van der Waals surface area contributed by atoms with Crippen LogP contribution >= 0.6 is 0 Å². The summed E-state index contributed by atoms with van der Waals surface area (Å²) in [5.74, 6) is -3.41. The van der Waals surface area contributed by atoms with Gasteiger partial charge >= 0.3 is 11.9 Å². The number of aromatic amines is 1. The first-order chi connectivity index (χ1) is 10.8. The first-order valence-corrected chi connectivity index (χ1v) is 7.82. The highest BCUT2D eigenvalue weighted by atomic mass is 16.7. The minimum Gasteiger partial charge on any atom is -0.422 e. The maximum atomic E-state index is 12.5. The lowest BCUT2D eigenvalue weighted by Crippen LogP contribution is -2.49. The third-order valence-electron chi connectivity index (χ3n) is 4.26. The number of rotatable bonds is 3. The van der Waals surface area contributed by atoms with E-state index in [1.54, 1.807) is 13.8 Å². The van der Waals surface area contributed by atoms with Gasteiger partial charge in [-0.1, -0.05) is 32.0 Å². The number of benzene rings is 1. The summed E-state index contributed by atoms with van der Waals surface area (Å²) in [6.07, 6.45) is 1.87. The summed E-state index contributed by atoms with van der Waals surface area (Å²) in [7, 11) is 0. The van der Waals surface area contributed by atoms with Crippen LogP contribution < -0.4 is 0 Å². The van der Waals surface area contributed by atoms with Gasteiger partial charge in [0.15, 0.2) is 5.92 Å². The number of cyclic esters (lactones) is 2. The molecule has 1 N–H and O–H groups in total. The minimum atomic E-state index is -1.20. The molecule has 2 heterocycles. The SMILES string of the molecule is CC(C)C(c1c[nH]c2ccccc12)C1C(=O)OC(C)(C)OC1=O. The fraction of sp³-hybridized carbons (Fsp3) is 0.444. The van der Waals surface area contributed by atoms with Crippen LogP contribution in [-0.4, -0.2) is 22.7 Å². The predicted octanol–water partition coefficient (Wildman–Crippen LogP) is 3.36. The summed E-state index contributed by atoms with van der Waals surface area (Å²) in [6, 6.07) is 7.84. The summed E-state index contributed by atoms with van der Waals surface area (Å²) in [4.78, 5) is 28.1. The third-order valence-corrected chi connectivity index (χ3v) is 4.26. The van der Waals surface area contributed by atoms with Crippen molar-refractivity contribution >= 4 is 22.8 Å². The molecule has 0 aliphatic carbocycles. The number of carbonyl (C=O) groups is 2. The highest BCUT2D eigenvalue weighted by Gasteiger charge is 2.48. The minimum absolute atomic E-state index is 0.0699. The summed E-state index contributed by atoms with van der Waals surface area (Å²) >= 11 is 0. The molecule has 1 aliphatic heterocycles. The molecule has 1 fully saturated rings. The van der Waals surface area contributed by atoms with Gasteiger partial charge < -0.3 is 14.5 Å². The van der Waals surface area contributed by atoms with Crippen molar-refractivity contribution in [1.29, 1.82) is 0 Å². The number of fused-ring (bicyclic) bond motifs is 1. The Labute approximate surface area is 135 Å². The Hall–Kier alpha value is -2.30. The molecule has 1 saturated heterocycles. The zero-order chi connectivity index (χ0) is 16.8. The molecule has 0 saturated carbocycles. The van der Waals surface area contributed by atoms with Crippen molar-refractivity contribution in [2.24, 2.45) is 11.8 Å². The molecular weight excluding hydrogens is 294 g/mol. The van der Waals surface area contributed by atoms with Crippen LogP contribution in [0.15, 0.2) is 30.5 Å². The maximum Gasteiger partial charge on any atom is 0.324 e. The van der Waals surface area contributed by atoms with E-state index in [1.165, 1.54) is 0 Å². The topological polar surface area (TPSA) is 68.4 Å². The molecule has 5 heteroatoms. The van der Waals surface area contributed by atoms with Gasteiger partial charge in [-0.15, -0.1) is 0 Å². The van der Waals surface area contributed by atoms with E-state index in [2.05, 4.69) is 4.98 Å². The van der Waals surface area contributed by atoms with Gasteiger partial charge in [0.2, 0.25) is 0 Å². The van der Waals surface area contributed by atoms with Gasteiger partial charge in [0.25, 0.3) is 5.79 Å². The molecule has 0 spiro atoms. The van der Waals surface area contributed by atoms with Crippen LogP contribution in [0.2, 0.25) is 0 Å². The Morgan fingerprint density at radius 1 is 1.09 bits per heavy atom. The van der Waals surface area contributed by atoms with Gasteiger partial charge in [0.1, 0.15) is 0 Å². The molecule has 0 radical (unpaired) electrons. The van der Waals surface area contributed by atoms with Crippen molar-refractivity contribution < 1.29 is 19.1 Å². The average Bonchev–Trinajstić information content (AvgIpc) is 2.85. The number of hydrogen-bond donors (Lipinski definition) is 1. The standard InChI is InChI=1S/C18H21NO4/c1-10(2)14(12-9-19-13-8-6-5-7-11(12)13)15-16(20)22-18(3,4)23-17(15)21/h5-10,14-15,19H,1-4H3. The van der Waals surface area contributed by atoms with Gasteiger partial charge in [0.05, 0.1) is 0 Å². The monoisotopic (exact) mass is 315 g/mol. The number of hydrogen-bond acceptors (Lipinski definition) is 4. The van der Waals surface area contributed by atoms with E-state index in [0.29, 0.717) is 0 Å². The largest absolute Gasteiger partial charge is 0.422 e. The fourth-order valence-corrected chi connectivity index (χ4v) is 3.32. The van der Waals surface area contributed by atoms with Crippen LogP contribution in [0.1, 0.15) is 39.2 Å². The van der Waals surface area contributed by atoms with Gasteiger partial charge in [-0.25, -0.2) is 0 Å². The Balaban J connectivity index is 2.06. The lowest BCUT2D eigenvalue weighted by molar-refractivity contribution is -0.241. The van der Waals surface area contributed by atoms with Gasteiger partial charge in [-0.3, -0.25) is 9.59 Å². The van der Waals surface area contributed by atoms with E-state index in [1.807, 2.05) is 44.3 Å². The van der Waals surface area contributed by atoms with Crippen molar-refractivity contribution in [3.63, 3.8) is 0 Å². The molecule has 1 atom stereocenters. The van der Waals surface area contributed by atoms with Crippen LogP contribution in [0.4, 0.5) is 0 Å². The molecule has 1 aromatic carbocycles. The zero-order valence-electron chi connectivity index (χ0n) is 13.8. The predicted molar refractivity (Wildman–Crippen MR) is 85.6 cm³/mol. The van der Waals surface area contributed by atoms with E-state index in [9.17, 15) is 9.59 Å². The normalized spacial score (nSPS) is 19.7. The van der Waals surface area contributed by atoms with E-state index >= 15 is 0 Å². The summed E-state index contributed by atoms with van der Waals surface area (Å²) in [5.41, 5.74) is 1.92. The molecule has 0 amide bonds. The lowest BCUT2D eigenvalue weighted by atomic mass is 9.77. The molecule has 5 nitrogen and oxygen atoms in total. The Kier molecular flexibility index (Phi) is 3.66. The second-order valence-corrected chi connectivity index (χ2v) is 6.78. The smallest absolute Gasteiger partial charge is 0.324 e. The van der Waals surface area contributed by atoms with Gasteiger partial charge in [0, 0.05) is 36.9 Å². The maximum absolute atomic E-state index is 12.5. The first-order valence-electron chi connectivity index (χ1n) is 7.82. The Morgan fingerprint density at radius 2 is 1.70 bits per heavy atom. The Bertz CT molecular complexity index is 739. The number of nitrogens with one attached hydrogen (secondary N) is 1. The van der Waals surface area contributed by atoms with Crippen LogP contribution in [0.5, 0.6) is 0 Å². The second kappa shape index (κ2) is 5.41. The van der Waals surface area contributed by atoms with Crippen molar-refractivity contribution in [2.45, 2.75) is 39.4 Å². The van der Waals surface area contributed by atoms with Gasteiger partial charge in [-0.2, -0.15) is 0 Å². The highest BCUT2D eigenvalue weighted by Crippen LogP contribution is 2.40. The van der Waals surface area contributed by atoms with Crippen molar-refractivity contribution in [3.8, 4) is 0 Å². The third kappa shape index (κ3) is 2.71. The van der Waals surface area contributed by atoms with E-state index in [-0.39, 0.29) is 11.8 Å². The molecule has 0 bridgehead atoms. The molecule has 1 aliphatic rings. The van der Waals surface area contributed by atoms with Crippen LogP contribution in [-0.2, 0) is 19.1 Å². The molecule has 3 rings (SSSR count). The highest BCUT2D eigenvalue weighted by molar-refractivity contribution is 5.98. The molecular formula is C18H21NO4. The van der Waals surface area contributed by atoms with E-state index in [4.69, 9.17) is 9.47 Å². The fourth-order valence-electron chi connectivity index (χ4n) is 3.32. The summed E-state index contributed by atoms with van der Waals surface area (Å²) in [5, 5.41) is 1.01. The molecule has 1 aromatic heterocycles. The lowest BCUT2D eigenvalue weighted by Gasteiger charge is -2.37. The molecule has 1 unspecified atom stereocenters. The van der Waals surface area contributed by atoms with E-state index < -0.39 is 23.6 Å². The van der Waals surface area contributed by atoms with Crippen molar-refractivity contribution in [2.75, 3.05) is 0 Å². The molecule has 2 aromatic rings. The van der Waals surface area contributed by atoms with Crippen LogP contribution in [0.3, 0.4) is 0 Å². The second-order valence-electron chi connectivity index (χ2n) is 6.78. The summed E-state index contributed by atoms with van der Waals surface area (Å²) in [6.45, 7) is 7.11. The molecule has 122 valence electrons. The number of H-pyrrole nitrogens is 1. The van der Waals surface area contributed by atoms with E-state index in [0.717, 1.165) is 16.5 Å². The first kappa shape index (κ1) is 15.6. The van der Waals surface area contributed by atoms with Crippen molar-refractivity contribution in [1.82, 2.24) is 4.98 Å².